The average molecular weight is 182 g/mol. The Hall–Kier alpha value is -0.870. The Morgan fingerprint density at radius 1 is 1.62 bits per heavy atom. The summed E-state index contributed by atoms with van der Waals surface area (Å²) in [6, 6.07) is 0. The minimum Gasteiger partial charge on any atom is -0.347 e. The van der Waals surface area contributed by atoms with E-state index in [1.165, 1.54) is 5.69 Å². The minimum absolute atomic E-state index is 0.936. The molecule has 0 aliphatic heterocycles. The molecule has 1 heterocycles. The van der Waals surface area contributed by atoms with Gasteiger partial charge in [-0.05, 0) is 13.6 Å². The number of nitrogens with one attached hydrogen (secondary N) is 2. The Balaban J connectivity index is 2.14. The van der Waals surface area contributed by atoms with Gasteiger partial charge in [0, 0.05) is 31.5 Å². The van der Waals surface area contributed by atoms with Gasteiger partial charge >= 0.3 is 0 Å². The van der Waals surface area contributed by atoms with Crippen LogP contribution >= 0.6 is 0 Å². The van der Waals surface area contributed by atoms with Crippen LogP contribution in [0.4, 0.5) is 0 Å². The first-order chi connectivity index (χ1) is 6.33. The van der Waals surface area contributed by atoms with Crippen molar-refractivity contribution in [2.24, 2.45) is 0 Å². The maximum absolute atomic E-state index is 3.97. The van der Waals surface area contributed by atoms with Crippen LogP contribution in [0.25, 0.3) is 0 Å². The van der Waals surface area contributed by atoms with E-state index in [9.17, 15) is 0 Å². The molecule has 1 aromatic heterocycles. The zero-order valence-corrected chi connectivity index (χ0v) is 8.38. The lowest BCUT2D eigenvalue weighted by Gasteiger charge is -2.15. The van der Waals surface area contributed by atoms with E-state index in [0.29, 0.717) is 0 Å². The van der Waals surface area contributed by atoms with Crippen molar-refractivity contribution in [3.63, 3.8) is 0 Å². The first-order valence-corrected chi connectivity index (χ1v) is 4.69. The molecule has 4 heteroatoms. The van der Waals surface area contributed by atoms with Crippen molar-refractivity contribution < 1.29 is 0 Å². The van der Waals surface area contributed by atoms with E-state index in [1.54, 1.807) is 6.33 Å². The fraction of sp³-hybridized carbons (Fsp3) is 0.667. The molecule has 74 valence electrons. The standard InChI is InChI=1S/C9H18N4/c1-3-10-4-5-13(2)7-9-6-11-8-12-9/h6,8,10H,3-5,7H2,1-2H3,(H,11,12). The maximum Gasteiger partial charge on any atom is 0.0922 e. The van der Waals surface area contributed by atoms with E-state index in [2.05, 4.69) is 34.2 Å². The molecule has 0 spiro atoms. The largest absolute Gasteiger partial charge is 0.347 e. The highest BCUT2D eigenvalue weighted by Crippen LogP contribution is 1.95. The molecule has 1 rings (SSSR count). The van der Waals surface area contributed by atoms with E-state index in [4.69, 9.17) is 0 Å². The number of hydrogen-bond acceptors (Lipinski definition) is 3. The van der Waals surface area contributed by atoms with Crippen LogP contribution in [0, 0.1) is 0 Å². The molecule has 0 aliphatic rings. The summed E-state index contributed by atoms with van der Waals surface area (Å²) in [4.78, 5) is 9.32. The van der Waals surface area contributed by atoms with Gasteiger partial charge in [0.2, 0.25) is 0 Å². The lowest BCUT2D eigenvalue weighted by Crippen LogP contribution is -2.28. The average Bonchev–Trinajstić information content (AvgIpc) is 2.57. The van der Waals surface area contributed by atoms with Crippen LogP contribution in [-0.4, -0.2) is 41.5 Å². The van der Waals surface area contributed by atoms with Crippen molar-refractivity contribution in [1.82, 2.24) is 20.2 Å². The van der Waals surface area contributed by atoms with Crippen molar-refractivity contribution >= 4 is 0 Å². The third-order valence-electron chi connectivity index (χ3n) is 1.92. The number of hydrogen-bond donors (Lipinski definition) is 2. The molecule has 0 saturated heterocycles. The Morgan fingerprint density at radius 3 is 3.08 bits per heavy atom. The van der Waals surface area contributed by atoms with Crippen LogP contribution in [0.2, 0.25) is 0 Å². The number of imidazole rings is 1. The monoisotopic (exact) mass is 182 g/mol. The molecule has 0 atom stereocenters. The minimum atomic E-state index is 0.936. The van der Waals surface area contributed by atoms with E-state index in [0.717, 1.165) is 26.2 Å². The Bertz CT molecular complexity index is 207. The highest BCUT2D eigenvalue weighted by Gasteiger charge is 1.99. The van der Waals surface area contributed by atoms with Gasteiger partial charge in [-0.3, -0.25) is 4.90 Å². The quantitative estimate of drug-likeness (QED) is 0.628. The summed E-state index contributed by atoms with van der Waals surface area (Å²) in [6.07, 6.45) is 3.58. The second-order valence-electron chi connectivity index (χ2n) is 3.17. The van der Waals surface area contributed by atoms with Crippen LogP contribution in [-0.2, 0) is 6.54 Å². The molecule has 0 aromatic carbocycles. The van der Waals surface area contributed by atoms with E-state index in [1.807, 2.05) is 6.20 Å². The highest BCUT2D eigenvalue weighted by molar-refractivity contribution is 4.93. The van der Waals surface area contributed by atoms with Crippen molar-refractivity contribution in [2.45, 2.75) is 13.5 Å². The van der Waals surface area contributed by atoms with Gasteiger partial charge in [-0.15, -0.1) is 0 Å². The van der Waals surface area contributed by atoms with Gasteiger partial charge in [-0.1, -0.05) is 6.92 Å². The van der Waals surface area contributed by atoms with Gasteiger partial charge in [-0.25, -0.2) is 4.98 Å². The first-order valence-electron chi connectivity index (χ1n) is 4.69. The fourth-order valence-corrected chi connectivity index (χ4v) is 1.19. The molecule has 0 radical (unpaired) electrons. The molecule has 0 fully saturated rings. The van der Waals surface area contributed by atoms with E-state index < -0.39 is 0 Å². The van der Waals surface area contributed by atoms with Gasteiger partial charge in [0.25, 0.3) is 0 Å². The number of aromatic nitrogens is 2. The third-order valence-corrected chi connectivity index (χ3v) is 1.92. The smallest absolute Gasteiger partial charge is 0.0922 e. The molecule has 0 saturated carbocycles. The summed E-state index contributed by atoms with van der Waals surface area (Å²) in [6.45, 7) is 6.20. The highest BCUT2D eigenvalue weighted by atomic mass is 15.1. The molecular formula is C9H18N4. The van der Waals surface area contributed by atoms with Crippen LogP contribution in [0.1, 0.15) is 12.6 Å². The van der Waals surface area contributed by atoms with E-state index >= 15 is 0 Å². The Labute approximate surface area is 79.4 Å². The first kappa shape index (κ1) is 10.2. The zero-order chi connectivity index (χ0) is 9.52. The fourth-order valence-electron chi connectivity index (χ4n) is 1.19. The molecule has 0 aliphatic carbocycles. The molecule has 13 heavy (non-hydrogen) atoms. The predicted molar refractivity (Wildman–Crippen MR) is 53.5 cm³/mol. The molecule has 1 aromatic rings. The summed E-state index contributed by atoms with van der Waals surface area (Å²) >= 11 is 0. The number of nitrogens with zero attached hydrogens (tertiary/aromatic N) is 2. The van der Waals surface area contributed by atoms with Crippen molar-refractivity contribution in [3.05, 3.63) is 18.2 Å². The van der Waals surface area contributed by atoms with Gasteiger partial charge in [0.1, 0.15) is 0 Å². The summed E-state index contributed by atoms with van der Waals surface area (Å²) < 4.78 is 0. The zero-order valence-electron chi connectivity index (χ0n) is 8.38. The molecule has 0 unspecified atom stereocenters. The number of rotatable bonds is 6. The number of aromatic amines is 1. The topological polar surface area (TPSA) is 44.0 Å². The number of H-pyrrole nitrogens is 1. The van der Waals surface area contributed by atoms with Crippen molar-refractivity contribution in [1.29, 1.82) is 0 Å². The predicted octanol–water partition coefficient (Wildman–Crippen LogP) is 0.451. The lowest BCUT2D eigenvalue weighted by molar-refractivity contribution is 0.322. The summed E-state index contributed by atoms with van der Waals surface area (Å²) in [5.74, 6) is 0. The normalized spacial score (nSPS) is 11.0. The van der Waals surface area contributed by atoms with Crippen LogP contribution in [0.5, 0.6) is 0 Å². The lowest BCUT2D eigenvalue weighted by atomic mass is 10.4. The second-order valence-corrected chi connectivity index (χ2v) is 3.17. The van der Waals surface area contributed by atoms with Crippen molar-refractivity contribution in [3.8, 4) is 0 Å². The summed E-state index contributed by atoms with van der Waals surface area (Å²) in [5.41, 5.74) is 1.17. The van der Waals surface area contributed by atoms with Gasteiger partial charge in [0.15, 0.2) is 0 Å². The molecule has 0 amide bonds. The van der Waals surface area contributed by atoms with Crippen molar-refractivity contribution in [2.75, 3.05) is 26.7 Å². The second kappa shape index (κ2) is 5.72. The molecular weight excluding hydrogens is 164 g/mol. The SMILES string of the molecule is CCNCCN(C)Cc1cnc[nH]1. The molecule has 4 nitrogen and oxygen atoms in total. The van der Waals surface area contributed by atoms with Gasteiger partial charge in [0.05, 0.1) is 6.33 Å². The van der Waals surface area contributed by atoms with E-state index in [-0.39, 0.29) is 0 Å². The van der Waals surface area contributed by atoms with Gasteiger partial charge in [-0.2, -0.15) is 0 Å². The van der Waals surface area contributed by atoms with Crippen LogP contribution < -0.4 is 5.32 Å². The van der Waals surface area contributed by atoms with Crippen LogP contribution in [0.15, 0.2) is 12.5 Å². The third kappa shape index (κ3) is 4.05. The van der Waals surface area contributed by atoms with Gasteiger partial charge < -0.3 is 10.3 Å². The molecule has 0 bridgehead atoms. The summed E-state index contributed by atoms with van der Waals surface area (Å²) in [5, 5.41) is 3.29. The molecule has 2 N–H and O–H groups in total. The summed E-state index contributed by atoms with van der Waals surface area (Å²) in [7, 11) is 2.11. The van der Waals surface area contributed by atoms with Crippen LogP contribution in [0.3, 0.4) is 0 Å². The number of likely N-dealkylation sites (N-methyl/N-ethyl adjacent to an activating group) is 2. The maximum atomic E-state index is 3.97. The Kier molecular flexibility index (Phi) is 4.49. The Morgan fingerprint density at radius 2 is 2.46 bits per heavy atom.